The van der Waals surface area contributed by atoms with Crippen molar-refractivity contribution in [2.45, 2.75) is 47.2 Å². The molecule has 1 aromatic heterocycles. The highest BCUT2D eigenvalue weighted by molar-refractivity contribution is 9.10. The number of hydrogen-bond acceptors (Lipinski definition) is 1. The zero-order chi connectivity index (χ0) is 14.1. The number of aryl methyl sites for hydroxylation is 1. The van der Waals surface area contributed by atoms with Gasteiger partial charge in [0.1, 0.15) is 5.69 Å². The monoisotopic (exact) mass is 314 g/mol. The van der Waals surface area contributed by atoms with Gasteiger partial charge in [0.2, 0.25) is 0 Å². The molecule has 0 aliphatic rings. The quantitative estimate of drug-likeness (QED) is 0.833. The van der Waals surface area contributed by atoms with Gasteiger partial charge in [-0.25, -0.2) is 0 Å². The van der Waals surface area contributed by atoms with Gasteiger partial charge in [0.05, 0.1) is 0 Å². The molecule has 18 heavy (non-hydrogen) atoms. The molecule has 102 valence electrons. The lowest BCUT2D eigenvalue weighted by Crippen LogP contribution is -2.43. The Morgan fingerprint density at radius 3 is 2.50 bits per heavy atom. The molecular weight excluding hydrogens is 292 g/mol. The minimum Gasteiger partial charge on any atom is -0.343 e. The summed E-state index contributed by atoms with van der Waals surface area (Å²) in [7, 11) is 1.87. The van der Waals surface area contributed by atoms with Crippen molar-refractivity contribution in [1.82, 2.24) is 9.47 Å². The molecule has 4 heteroatoms. The van der Waals surface area contributed by atoms with Crippen LogP contribution in [0.1, 0.15) is 45.1 Å². The molecule has 1 rings (SSSR count). The minimum absolute atomic E-state index is 0.0741. The number of carbonyl (C=O) groups is 1. The van der Waals surface area contributed by atoms with Gasteiger partial charge in [-0.1, -0.05) is 20.8 Å². The molecule has 1 amide bonds. The van der Waals surface area contributed by atoms with Gasteiger partial charge in [-0.15, -0.1) is 0 Å². The fourth-order valence-corrected chi connectivity index (χ4v) is 2.32. The van der Waals surface area contributed by atoms with Gasteiger partial charge in [0.25, 0.3) is 5.91 Å². The van der Waals surface area contributed by atoms with Crippen LogP contribution in [0.2, 0.25) is 0 Å². The first kappa shape index (κ1) is 15.3. The average Bonchev–Trinajstić information content (AvgIpc) is 2.66. The second-order valence-electron chi connectivity index (χ2n) is 5.79. The SMILES string of the molecule is CCn1cc(Br)cc1C(=O)N(C)C(C)C(C)(C)C. The van der Waals surface area contributed by atoms with E-state index in [1.54, 1.807) is 0 Å². The molecule has 3 nitrogen and oxygen atoms in total. The number of nitrogens with zero attached hydrogens (tertiary/aromatic N) is 2. The molecule has 0 aliphatic heterocycles. The maximum atomic E-state index is 12.5. The van der Waals surface area contributed by atoms with Crippen molar-refractivity contribution >= 4 is 21.8 Å². The van der Waals surface area contributed by atoms with E-state index >= 15 is 0 Å². The third-order valence-electron chi connectivity index (χ3n) is 3.58. The van der Waals surface area contributed by atoms with Gasteiger partial charge in [-0.05, 0) is 41.3 Å². The Morgan fingerprint density at radius 2 is 2.06 bits per heavy atom. The second-order valence-corrected chi connectivity index (χ2v) is 6.70. The molecule has 0 aromatic carbocycles. The molecule has 1 atom stereocenters. The molecule has 0 saturated carbocycles. The van der Waals surface area contributed by atoms with Crippen LogP contribution in [0.3, 0.4) is 0 Å². The van der Waals surface area contributed by atoms with E-state index in [1.807, 2.05) is 35.7 Å². The van der Waals surface area contributed by atoms with Crippen LogP contribution >= 0.6 is 15.9 Å². The Balaban J connectivity index is 3.00. The molecule has 0 saturated heterocycles. The van der Waals surface area contributed by atoms with Gasteiger partial charge < -0.3 is 9.47 Å². The molecule has 0 bridgehead atoms. The highest BCUT2D eigenvalue weighted by Gasteiger charge is 2.28. The average molecular weight is 315 g/mol. The molecule has 1 unspecified atom stereocenters. The van der Waals surface area contributed by atoms with E-state index in [1.165, 1.54) is 0 Å². The molecule has 0 radical (unpaired) electrons. The first-order chi connectivity index (χ1) is 8.18. The van der Waals surface area contributed by atoms with Crippen molar-refractivity contribution in [3.8, 4) is 0 Å². The van der Waals surface area contributed by atoms with Crippen LogP contribution in [0.25, 0.3) is 0 Å². The number of rotatable bonds is 3. The Bertz CT molecular complexity index is 431. The standard InChI is InChI=1S/C14H23BrN2O/c1-7-17-9-11(15)8-12(17)13(18)16(6)10(2)14(3,4)5/h8-10H,7H2,1-6H3. The first-order valence-corrected chi connectivity index (χ1v) is 7.10. The van der Waals surface area contributed by atoms with Crippen molar-refractivity contribution in [3.63, 3.8) is 0 Å². The van der Waals surface area contributed by atoms with E-state index in [2.05, 4.69) is 43.6 Å². The summed E-state index contributed by atoms with van der Waals surface area (Å²) in [5.74, 6) is 0.0741. The third-order valence-corrected chi connectivity index (χ3v) is 4.01. The topological polar surface area (TPSA) is 25.2 Å². The van der Waals surface area contributed by atoms with Crippen molar-refractivity contribution in [3.05, 3.63) is 22.4 Å². The van der Waals surface area contributed by atoms with Crippen LogP contribution in [0.5, 0.6) is 0 Å². The van der Waals surface area contributed by atoms with Crippen LogP contribution < -0.4 is 0 Å². The van der Waals surface area contributed by atoms with Gasteiger partial charge in [-0.2, -0.15) is 0 Å². The molecular formula is C14H23BrN2O. The molecule has 0 fully saturated rings. The Labute approximate surface area is 118 Å². The lowest BCUT2D eigenvalue weighted by Gasteiger charge is -2.35. The predicted octanol–water partition coefficient (Wildman–Crippen LogP) is 3.78. The third kappa shape index (κ3) is 3.16. The van der Waals surface area contributed by atoms with Crippen LogP contribution in [-0.2, 0) is 6.54 Å². The fraction of sp³-hybridized carbons (Fsp3) is 0.643. The van der Waals surface area contributed by atoms with E-state index < -0.39 is 0 Å². The molecule has 0 aliphatic carbocycles. The molecule has 1 heterocycles. The number of hydrogen-bond donors (Lipinski definition) is 0. The van der Waals surface area contributed by atoms with E-state index in [4.69, 9.17) is 0 Å². The zero-order valence-electron chi connectivity index (χ0n) is 12.1. The number of halogens is 1. The summed E-state index contributed by atoms with van der Waals surface area (Å²) in [5.41, 5.74) is 0.814. The van der Waals surface area contributed by atoms with E-state index in [9.17, 15) is 4.79 Å². The van der Waals surface area contributed by atoms with Crippen molar-refractivity contribution in [2.24, 2.45) is 5.41 Å². The molecule has 1 aromatic rings. The van der Waals surface area contributed by atoms with Crippen LogP contribution in [0.15, 0.2) is 16.7 Å². The summed E-state index contributed by atoms with van der Waals surface area (Å²) in [6, 6.07) is 2.07. The smallest absolute Gasteiger partial charge is 0.270 e. The van der Waals surface area contributed by atoms with Gasteiger partial charge in [0, 0.05) is 30.3 Å². The van der Waals surface area contributed by atoms with Gasteiger partial charge in [-0.3, -0.25) is 4.79 Å². The highest BCUT2D eigenvalue weighted by atomic mass is 79.9. The largest absolute Gasteiger partial charge is 0.343 e. The minimum atomic E-state index is 0.0741. The number of carbonyl (C=O) groups excluding carboxylic acids is 1. The number of aromatic nitrogens is 1. The zero-order valence-corrected chi connectivity index (χ0v) is 13.7. The van der Waals surface area contributed by atoms with Gasteiger partial charge >= 0.3 is 0 Å². The fourth-order valence-electron chi connectivity index (χ4n) is 1.85. The Hall–Kier alpha value is -0.770. The summed E-state index contributed by atoms with van der Waals surface area (Å²) >= 11 is 3.43. The normalized spacial score (nSPS) is 13.5. The second kappa shape index (κ2) is 5.47. The number of amides is 1. The lowest BCUT2D eigenvalue weighted by molar-refractivity contribution is 0.0618. The summed E-state index contributed by atoms with van der Waals surface area (Å²) < 4.78 is 2.92. The highest BCUT2D eigenvalue weighted by Crippen LogP contribution is 2.25. The summed E-state index contributed by atoms with van der Waals surface area (Å²) in [4.78, 5) is 14.3. The van der Waals surface area contributed by atoms with Crippen LogP contribution in [0.4, 0.5) is 0 Å². The molecule has 0 spiro atoms. The Morgan fingerprint density at radius 1 is 1.50 bits per heavy atom. The maximum absolute atomic E-state index is 12.5. The summed E-state index contributed by atoms with van der Waals surface area (Å²) in [5, 5.41) is 0. The van der Waals surface area contributed by atoms with Crippen LogP contribution in [-0.4, -0.2) is 28.5 Å². The van der Waals surface area contributed by atoms with Crippen molar-refractivity contribution in [1.29, 1.82) is 0 Å². The lowest BCUT2D eigenvalue weighted by atomic mass is 9.87. The predicted molar refractivity (Wildman–Crippen MR) is 78.8 cm³/mol. The first-order valence-electron chi connectivity index (χ1n) is 6.31. The van der Waals surface area contributed by atoms with E-state index in [0.29, 0.717) is 0 Å². The summed E-state index contributed by atoms with van der Waals surface area (Å²) in [6.07, 6.45) is 1.95. The van der Waals surface area contributed by atoms with E-state index in [-0.39, 0.29) is 17.4 Å². The van der Waals surface area contributed by atoms with Crippen molar-refractivity contribution in [2.75, 3.05) is 7.05 Å². The van der Waals surface area contributed by atoms with Crippen LogP contribution in [0, 0.1) is 5.41 Å². The van der Waals surface area contributed by atoms with Crippen molar-refractivity contribution < 1.29 is 4.79 Å². The van der Waals surface area contributed by atoms with Gasteiger partial charge in [0.15, 0.2) is 0 Å². The van der Waals surface area contributed by atoms with E-state index in [0.717, 1.165) is 16.7 Å². The summed E-state index contributed by atoms with van der Waals surface area (Å²) in [6.45, 7) is 11.4. The molecule has 0 N–H and O–H groups in total. The Kier molecular flexibility index (Phi) is 4.65. The maximum Gasteiger partial charge on any atom is 0.270 e.